The lowest BCUT2D eigenvalue weighted by Crippen LogP contribution is -1.89. The quantitative estimate of drug-likeness (QED) is 0.586. The molecule has 61 valence electrons. The summed E-state index contributed by atoms with van der Waals surface area (Å²) >= 11 is 0. The highest BCUT2D eigenvalue weighted by atomic mass is 14.1. The third kappa shape index (κ3) is 1.18. The molecule has 0 amide bonds. The smallest absolute Gasteiger partial charge is 0.0131 e. The van der Waals surface area contributed by atoms with Crippen LogP contribution in [-0.4, -0.2) is 0 Å². The Hall–Kier alpha value is -1.04. The van der Waals surface area contributed by atoms with Crippen molar-refractivity contribution in [1.29, 1.82) is 0 Å². The molecule has 2 rings (SSSR count). The zero-order valence-corrected chi connectivity index (χ0v) is 7.54. The fourth-order valence-corrected chi connectivity index (χ4v) is 1.50. The van der Waals surface area contributed by atoms with Crippen molar-refractivity contribution >= 4 is 6.08 Å². The Balaban J connectivity index is 2.44. The summed E-state index contributed by atoms with van der Waals surface area (Å²) in [5, 5.41) is 0. The summed E-state index contributed by atoms with van der Waals surface area (Å²) in [6, 6.07) is 6.69. The number of hydrogen-bond acceptors (Lipinski definition) is 0. The van der Waals surface area contributed by atoms with Gasteiger partial charge in [-0.1, -0.05) is 44.2 Å². The minimum Gasteiger partial charge on any atom is -0.0755 e. The van der Waals surface area contributed by atoms with E-state index < -0.39 is 0 Å². The molecule has 0 saturated heterocycles. The van der Waals surface area contributed by atoms with Gasteiger partial charge >= 0.3 is 0 Å². The largest absolute Gasteiger partial charge is 0.0755 e. The highest BCUT2D eigenvalue weighted by Gasteiger charge is 2.06. The number of fused-ring (bicyclic) bond motifs is 1. The fraction of sp³-hybridized carbons (Fsp3) is 0.250. The molecule has 1 aromatic rings. The highest BCUT2D eigenvalue weighted by Crippen LogP contribution is 2.25. The third-order valence-electron chi connectivity index (χ3n) is 2.33. The second-order valence-corrected chi connectivity index (χ2v) is 3.57. The molecule has 0 aromatic heterocycles. The van der Waals surface area contributed by atoms with Crippen molar-refractivity contribution in [1.82, 2.24) is 0 Å². The molecule has 0 N–H and O–H groups in total. The SMILES string of the molecule is CC(C)c1ccc2c(c1)C=C[CH]2. The molecule has 0 saturated carbocycles. The fourth-order valence-electron chi connectivity index (χ4n) is 1.50. The van der Waals surface area contributed by atoms with Crippen LogP contribution in [0.1, 0.15) is 36.5 Å². The van der Waals surface area contributed by atoms with Gasteiger partial charge < -0.3 is 0 Å². The first-order chi connectivity index (χ1) is 5.77. The maximum atomic E-state index is 2.28. The molecule has 0 unspecified atom stereocenters. The Kier molecular flexibility index (Phi) is 1.76. The van der Waals surface area contributed by atoms with Crippen molar-refractivity contribution < 1.29 is 0 Å². The van der Waals surface area contributed by atoms with Crippen molar-refractivity contribution in [3.05, 3.63) is 47.4 Å². The molecule has 1 radical (unpaired) electrons. The molecule has 1 aliphatic carbocycles. The lowest BCUT2D eigenvalue weighted by Gasteiger charge is -2.06. The van der Waals surface area contributed by atoms with Crippen LogP contribution in [0.15, 0.2) is 24.3 Å². The maximum absolute atomic E-state index is 2.28. The van der Waals surface area contributed by atoms with Gasteiger partial charge in [-0.25, -0.2) is 0 Å². The van der Waals surface area contributed by atoms with Crippen LogP contribution in [0, 0.1) is 6.42 Å². The summed E-state index contributed by atoms with van der Waals surface area (Å²) in [5.41, 5.74) is 4.13. The predicted octanol–water partition coefficient (Wildman–Crippen LogP) is 3.39. The van der Waals surface area contributed by atoms with E-state index in [1.54, 1.807) is 0 Å². The van der Waals surface area contributed by atoms with Crippen LogP contribution >= 0.6 is 0 Å². The first-order valence-corrected chi connectivity index (χ1v) is 4.43. The van der Waals surface area contributed by atoms with E-state index in [0.717, 1.165) is 0 Å². The van der Waals surface area contributed by atoms with E-state index in [4.69, 9.17) is 0 Å². The zero-order chi connectivity index (χ0) is 8.55. The molecule has 12 heavy (non-hydrogen) atoms. The lowest BCUT2D eigenvalue weighted by atomic mass is 9.99. The first-order valence-electron chi connectivity index (χ1n) is 4.43. The zero-order valence-electron chi connectivity index (χ0n) is 7.54. The summed E-state index contributed by atoms with van der Waals surface area (Å²) in [6.45, 7) is 4.45. The second kappa shape index (κ2) is 2.78. The molecule has 0 spiro atoms. The molecule has 0 heterocycles. The molecule has 0 heteroatoms. The topological polar surface area (TPSA) is 0 Å². The van der Waals surface area contributed by atoms with Gasteiger partial charge in [0.05, 0.1) is 0 Å². The molecule has 0 aliphatic heterocycles. The van der Waals surface area contributed by atoms with Crippen LogP contribution in [0.2, 0.25) is 0 Å². The predicted molar refractivity (Wildman–Crippen MR) is 53.0 cm³/mol. The molecular weight excluding hydrogens is 144 g/mol. The average molecular weight is 157 g/mol. The van der Waals surface area contributed by atoms with Crippen LogP contribution in [0.5, 0.6) is 0 Å². The molecule has 1 aliphatic rings. The normalized spacial score (nSPS) is 13.9. The number of benzene rings is 1. The van der Waals surface area contributed by atoms with E-state index in [9.17, 15) is 0 Å². The average Bonchev–Trinajstić information content (AvgIpc) is 2.49. The molecule has 0 atom stereocenters. The summed E-state index contributed by atoms with van der Waals surface area (Å²) in [4.78, 5) is 0. The van der Waals surface area contributed by atoms with E-state index in [1.165, 1.54) is 16.7 Å². The van der Waals surface area contributed by atoms with Crippen molar-refractivity contribution in [2.45, 2.75) is 19.8 Å². The molecule has 0 bridgehead atoms. The van der Waals surface area contributed by atoms with Crippen LogP contribution in [0.3, 0.4) is 0 Å². The van der Waals surface area contributed by atoms with Crippen LogP contribution in [0.4, 0.5) is 0 Å². The van der Waals surface area contributed by atoms with Gasteiger partial charge in [0.25, 0.3) is 0 Å². The van der Waals surface area contributed by atoms with Gasteiger partial charge in [-0.05, 0) is 22.6 Å². The minimum absolute atomic E-state index is 0.629. The van der Waals surface area contributed by atoms with Gasteiger partial charge in [0.2, 0.25) is 0 Å². The highest BCUT2D eigenvalue weighted by molar-refractivity contribution is 5.65. The molecule has 1 aromatic carbocycles. The minimum atomic E-state index is 0.629. The number of hydrogen-bond donors (Lipinski definition) is 0. The van der Waals surface area contributed by atoms with Gasteiger partial charge in [-0.3, -0.25) is 0 Å². The standard InChI is InChI=1S/C12H13/c1-9(2)11-7-6-10-4-3-5-12(10)8-11/h3-9H,1-2H3. The van der Waals surface area contributed by atoms with Gasteiger partial charge in [0, 0.05) is 6.42 Å². The Morgan fingerprint density at radius 2 is 1.92 bits per heavy atom. The Morgan fingerprint density at radius 3 is 2.67 bits per heavy atom. The first kappa shape index (κ1) is 7.60. The van der Waals surface area contributed by atoms with Crippen LogP contribution < -0.4 is 0 Å². The van der Waals surface area contributed by atoms with Crippen molar-refractivity contribution in [3.8, 4) is 0 Å². The Labute approximate surface area is 73.9 Å². The number of rotatable bonds is 1. The summed E-state index contributed by atoms with van der Waals surface area (Å²) < 4.78 is 0. The van der Waals surface area contributed by atoms with E-state index in [2.05, 4.69) is 50.6 Å². The second-order valence-electron chi connectivity index (χ2n) is 3.57. The monoisotopic (exact) mass is 157 g/mol. The van der Waals surface area contributed by atoms with Crippen LogP contribution in [-0.2, 0) is 0 Å². The lowest BCUT2D eigenvalue weighted by molar-refractivity contribution is 0.866. The Bertz CT molecular complexity index is 319. The van der Waals surface area contributed by atoms with Gasteiger partial charge in [0.1, 0.15) is 0 Å². The van der Waals surface area contributed by atoms with Crippen molar-refractivity contribution in [3.63, 3.8) is 0 Å². The Morgan fingerprint density at radius 1 is 1.08 bits per heavy atom. The third-order valence-corrected chi connectivity index (χ3v) is 2.33. The maximum Gasteiger partial charge on any atom is 0.0131 e. The van der Waals surface area contributed by atoms with Crippen molar-refractivity contribution in [2.75, 3.05) is 0 Å². The van der Waals surface area contributed by atoms with Crippen molar-refractivity contribution in [2.24, 2.45) is 0 Å². The number of allylic oxidation sites excluding steroid dienone is 1. The van der Waals surface area contributed by atoms with Gasteiger partial charge in [-0.2, -0.15) is 0 Å². The summed E-state index contributed by atoms with van der Waals surface area (Å²) in [5.74, 6) is 0.629. The van der Waals surface area contributed by atoms with Gasteiger partial charge in [-0.15, -0.1) is 0 Å². The summed E-state index contributed by atoms with van der Waals surface area (Å²) in [7, 11) is 0. The molecular formula is C12H13. The van der Waals surface area contributed by atoms with E-state index in [-0.39, 0.29) is 0 Å². The van der Waals surface area contributed by atoms with Crippen LogP contribution in [0.25, 0.3) is 6.08 Å². The van der Waals surface area contributed by atoms with E-state index in [1.807, 2.05) is 0 Å². The molecule has 0 nitrogen and oxygen atoms in total. The van der Waals surface area contributed by atoms with Gasteiger partial charge in [0.15, 0.2) is 0 Å². The van der Waals surface area contributed by atoms with E-state index in [0.29, 0.717) is 5.92 Å². The summed E-state index contributed by atoms with van der Waals surface area (Å²) in [6.07, 6.45) is 6.43. The van der Waals surface area contributed by atoms with E-state index >= 15 is 0 Å². The molecule has 0 fully saturated rings.